The molecule has 3 heteroatoms. The molecule has 2 nitrogen and oxygen atoms in total. The van der Waals surface area contributed by atoms with Crippen LogP contribution in [0.1, 0.15) is 12.0 Å². The Morgan fingerprint density at radius 3 is 2.62 bits per heavy atom. The molecule has 0 spiro atoms. The highest BCUT2D eigenvalue weighted by Gasteiger charge is 2.35. The fraction of sp³-hybridized carbons (Fsp3) is 0.154. The molecule has 0 amide bonds. The molecule has 0 aromatic heterocycles. The third-order valence-corrected chi connectivity index (χ3v) is 3.03. The van der Waals surface area contributed by atoms with E-state index in [1.54, 1.807) is 6.08 Å². The first-order valence-electron chi connectivity index (χ1n) is 4.98. The molecule has 0 saturated heterocycles. The SMILES string of the molecule is O=C(O)C1(Cl)C=CC=C(c2ccccc2)C1. The minimum absolute atomic E-state index is 0.310. The second-order valence-corrected chi connectivity index (χ2v) is 4.44. The van der Waals surface area contributed by atoms with Crippen LogP contribution in [-0.4, -0.2) is 16.0 Å². The summed E-state index contributed by atoms with van der Waals surface area (Å²) in [7, 11) is 0. The summed E-state index contributed by atoms with van der Waals surface area (Å²) in [5.41, 5.74) is 1.96. The first-order valence-corrected chi connectivity index (χ1v) is 5.36. The van der Waals surface area contributed by atoms with Crippen molar-refractivity contribution in [2.75, 3.05) is 0 Å². The van der Waals surface area contributed by atoms with E-state index in [1.807, 2.05) is 36.4 Å². The van der Waals surface area contributed by atoms with Gasteiger partial charge in [-0.05, 0) is 11.1 Å². The Morgan fingerprint density at radius 1 is 1.31 bits per heavy atom. The zero-order valence-corrected chi connectivity index (χ0v) is 9.32. The summed E-state index contributed by atoms with van der Waals surface area (Å²) >= 11 is 6.03. The van der Waals surface area contributed by atoms with Gasteiger partial charge in [0.25, 0.3) is 0 Å². The van der Waals surface area contributed by atoms with Gasteiger partial charge in [-0.15, -0.1) is 11.6 Å². The van der Waals surface area contributed by atoms with Crippen molar-refractivity contribution >= 4 is 23.1 Å². The smallest absolute Gasteiger partial charge is 0.329 e. The van der Waals surface area contributed by atoms with Gasteiger partial charge in [0.1, 0.15) is 0 Å². The van der Waals surface area contributed by atoms with Gasteiger partial charge in [0.05, 0.1) is 0 Å². The van der Waals surface area contributed by atoms with E-state index in [-0.39, 0.29) is 0 Å². The molecule has 1 aromatic rings. The van der Waals surface area contributed by atoms with Gasteiger partial charge in [0.2, 0.25) is 0 Å². The molecule has 1 aromatic carbocycles. The van der Waals surface area contributed by atoms with Gasteiger partial charge in [-0.3, -0.25) is 0 Å². The molecule has 0 aliphatic heterocycles. The lowest BCUT2D eigenvalue weighted by molar-refractivity contribution is -0.138. The molecular weight excluding hydrogens is 224 g/mol. The van der Waals surface area contributed by atoms with Gasteiger partial charge < -0.3 is 5.11 Å². The van der Waals surface area contributed by atoms with Crippen molar-refractivity contribution < 1.29 is 9.90 Å². The van der Waals surface area contributed by atoms with Gasteiger partial charge in [0.15, 0.2) is 4.87 Å². The summed E-state index contributed by atoms with van der Waals surface area (Å²) in [5.74, 6) is -1.01. The average Bonchev–Trinajstić information content (AvgIpc) is 2.30. The number of alkyl halides is 1. The normalized spacial score (nSPS) is 23.9. The van der Waals surface area contributed by atoms with E-state index in [1.165, 1.54) is 6.08 Å². The monoisotopic (exact) mass is 234 g/mol. The Balaban J connectivity index is 2.31. The molecule has 0 fully saturated rings. The lowest BCUT2D eigenvalue weighted by atomic mass is 9.89. The predicted octanol–water partition coefficient (Wildman–Crippen LogP) is 3.09. The Kier molecular flexibility index (Phi) is 2.84. The highest BCUT2D eigenvalue weighted by atomic mass is 35.5. The number of benzene rings is 1. The van der Waals surface area contributed by atoms with Crippen LogP contribution in [0, 0.1) is 0 Å². The second-order valence-electron chi connectivity index (χ2n) is 3.76. The largest absolute Gasteiger partial charge is 0.480 e. The van der Waals surface area contributed by atoms with Crippen LogP contribution in [0.15, 0.2) is 48.6 Å². The molecule has 0 radical (unpaired) electrons. The van der Waals surface area contributed by atoms with E-state index in [2.05, 4.69) is 0 Å². The fourth-order valence-corrected chi connectivity index (χ4v) is 1.93. The van der Waals surface area contributed by atoms with Crippen molar-refractivity contribution in [2.24, 2.45) is 0 Å². The quantitative estimate of drug-likeness (QED) is 0.799. The van der Waals surface area contributed by atoms with Crippen molar-refractivity contribution in [3.63, 3.8) is 0 Å². The summed E-state index contributed by atoms with van der Waals surface area (Å²) in [6, 6.07) is 9.67. The summed E-state index contributed by atoms with van der Waals surface area (Å²) < 4.78 is 0. The minimum Gasteiger partial charge on any atom is -0.480 e. The molecule has 16 heavy (non-hydrogen) atoms. The van der Waals surface area contributed by atoms with Gasteiger partial charge in [-0.1, -0.05) is 48.6 Å². The third-order valence-electron chi connectivity index (χ3n) is 2.61. The second kappa shape index (κ2) is 4.14. The number of carboxylic acids is 1. The molecule has 0 heterocycles. The highest BCUT2D eigenvalue weighted by Crippen LogP contribution is 2.34. The topological polar surface area (TPSA) is 37.3 Å². The van der Waals surface area contributed by atoms with Crippen molar-refractivity contribution in [2.45, 2.75) is 11.3 Å². The van der Waals surface area contributed by atoms with Crippen LogP contribution in [0.25, 0.3) is 5.57 Å². The molecule has 1 aliphatic rings. The van der Waals surface area contributed by atoms with E-state index >= 15 is 0 Å². The molecule has 2 rings (SSSR count). The number of rotatable bonds is 2. The van der Waals surface area contributed by atoms with E-state index in [4.69, 9.17) is 16.7 Å². The molecule has 82 valence electrons. The number of allylic oxidation sites excluding steroid dienone is 3. The Morgan fingerprint density at radius 2 is 2.00 bits per heavy atom. The van der Waals surface area contributed by atoms with E-state index in [9.17, 15) is 4.79 Å². The summed E-state index contributed by atoms with van der Waals surface area (Å²) in [6.45, 7) is 0. The van der Waals surface area contributed by atoms with Crippen LogP contribution in [0.5, 0.6) is 0 Å². The molecule has 0 bridgehead atoms. The summed E-state index contributed by atoms with van der Waals surface area (Å²) in [6.07, 6.45) is 5.43. The zero-order chi connectivity index (χ0) is 11.6. The van der Waals surface area contributed by atoms with Gasteiger partial charge in [0, 0.05) is 6.42 Å². The number of carbonyl (C=O) groups is 1. The van der Waals surface area contributed by atoms with Gasteiger partial charge in [-0.25, -0.2) is 4.79 Å². The molecule has 1 unspecified atom stereocenters. The lowest BCUT2D eigenvalue weighted by Crippen LogP contribution is -2.31. The maximum atomic E-state index is 11.0. The Labute approximate surface area is 98.9 Å². The van der Waals surface area contributed by atoms with Crippen molar-refractivity contribution in [3.8, 4) is 0 Å². The standard InChI is InChI=1S/C13H11ClO2/c14-13(12(15)16)8-4-7-11(9-13)10-5-2-1-3-6-10/h1-8H,9H2,(H,15,16). The lowest BCUT2D eigenvalue weighted by Gasteiger charge is -2.23. The van der Waals surface area contributed by atoms with Crippen molar-refractivity contribution in [1.82, 2.24) is 0 Å². The zero-order valence-electron chi connectivity index (χ0n) is 8.56. The molecule has 1 aliphatic carbocycles. The Hall–Kier alpha value is -1.54. The van der Waals surface area contributed by atoms with Gasteiger partial charge in [-0.2, -0.15) is 0 Å². The number of halogens is 1. The van der Waals surface area contributed by atoms with E-state index < -0.39 is 10.8 Å². The maximum absolute atomic E-state index is 11.0. The van der Waals surface area contributed by atoms with Crippen LogP contribution >= 0.6 is 11.6 Å². The summed E-state index contributed by atoms with van der Waals surface area (Å²) in [5, 5.41) is 9.05. The Bertz CT molecular complexity index is 462. The maximum Gasteiger partial charge on any atom is 0.329 e. The van der Waals surface area contributed by atoms with Crippen LogP contribution in [0.4, 0.5) is 0 Å². The van der Waals surface area contributed by atoms with Gasteiger partial charge >= 0.3 is 5.97 Å². The third kappa shape index (κ3) is 2.02. The molecule has 1 N–H and O–H groups in total. The van der Waals surface area contributed by atoms with Crippen molar-refractivity contribution in [3.05, 3.63) is 54.1 Å². The van der Waals surface area contributed by atoms with Crippen LogP contribution in [0.3, 0.4) is 0 Å². The van der Waals surface area contributed by atoms with E-state index in [0.717, 1.165) is 11.1 Å². The average molecular weight is 235 g/mol. The van der Waals surface area contributed by atoms with Crippen LogP contribution < -0.4 is 0 Å². The molecule has 0 saturated carbocycles. The molecular formula is C13H11ClO2. The highest BCUT2D eigenvalue weighted by molar-refractivity contribution is 6.36. The molecule has 1 atom stereocenters. The number of aliphatic carboxylic acids is 1. The minimum atomic E-state index is -1.31. The van der Waals surface area contributed by atoms with E-state index in [0.29, 0.717) is 6.42 Å². The summed E-state index contributed by atoms with van der Waals surface area (Å²) in [4.78, 5) is 9.74. The van der Waals surface area contributed by atoms with Crippen LogP contribution in [0.2, 0.25) is 0 Å². The number of carboxylic acid groups (broad SMARTS) is 1. The first kappa shape index (κ1) is 11.0. The number of hydrogen-bond donors (Lipinski definition) is 1. The van der Waals surface area contributed by atoms with Crippen LogP contribution in [-0.2, 0) is 4.79 Å². The fourth-order valence-electron chi connectivity index (χ4n) is 1.71. The number of hydrogen-bond acceptors (Lipinski definition) is 1. The predicted molar refractivity (Wildman–Crippen MR) is 64.4 cm³/mol. The first-order chi connectivity index (χ1) is 7.62. The van der Waals surface area contributed by atoms with Crippen molar-refractivity contribution in [1.29, 1.82) is 0 Å².